The highest BCUT2D eigenvalue weighted by Gasteiger charge is 2.24. The van der Waals surface area contributed by atoms with Crippen LogP contribution < -0.4 is 11.1 Å². The third kappa shape index (κ3) is 5.85. The van der Waals surface area contributed by atoms with E-state index in [0.29, 0.717) is 6.42 Å². The topological polar surface area (TPSA) is 86.3 Å². The molecule has 0 radical (unpaired) electrons. The van der Waals surface area contributed by atoms with Crippen LogP contribution in [0.15, 0.2) is 30.5 Å². The molecule has 164 valence electrons. The summed E-state index contributed by atoms with van der Waals surface area (Å²) in [4.78, 5) is 25.4. The maximum absolute atomic E-state index is 12.7. The monoisotopic (exact) mass is 413 g/mol. The van der Waals surface area contributed by atoms with Gasteiger partial charge in [0.15, 0.2) is 0 Å². The standard InChI is InChI=1S/C24H35N3O3/c1-24(2,3)30-23(29)27-16-17(19-13-9-10-14-21(19)27)15-20(25)22(28)26-18-11-7-5-4-6-8-12-18/h9-10,13-14,16,18,20H,4-8,11-12,15,25H2,1-3H3,(H,26,28)/t20-/m0/s1. The van der Waals surface area contributed by atoms with Crippen LogP contribution in [0.5, 0.6) is 0 Å². The van der Waals surface area contributed by atoms with Crippen molar-refractivity contribution in [2.75, 3.05) is 0 Å². The highest BCUT2D eigenvalue weighted by Crippen LogP contribution is 2.24. The van der Waals surface area contributed by atoms with Gasteiger partial charge in [-0.1, -0.05) is 50.3 Å². The lowest BCUT2D eigenvalue weighted by molar-refractivity contribution is -0.123. The van der Waals surface area contributed by atoms with Crippen molar-refractivity contribution in [3.05, 3.63) is 36.0 Å². The first-order valence-corrected chi connectivity index (χ1v) is 11.1. The first kappa shape index (κ1) is 22.3. The second-order valence-corrected chi connectivity index (χ2v) is 9.38. The van der Waals surface area contributed by atoms with Gasteiger partial charge in [0.1, 0.15) is 5.60 Å². The highest BCUT2D eigenvalue weighted by molar-refractivity contribution is 5.92. The van der Waals surface area contributed by atoms with Gasteiger partial charge in [0.2, 0.25) is 5.91 Å². The van der Waals surface area contributed by atoms with E-state index in [-0.39, 0.29) is 11.9 Å². The number of carbonyl (C=O) groups is 2. The number of nitrogens with one attached hydrogen (secondary N) is 1. The first-order chi connectivity index (χ1) is 14.2. The van der Waals surface area contributed by atoms with Crippen LogP contribution in [0.25, 0.3) is 10.9 Å². The molecule has 30 heavy (non-hydrogen) atoms. The highest BCUT2D eigenvalue weighted by atomic mass is 16.6. The number of amides is 1. The van der Waals surface area contributed by atoms with Gasteiger partial charge in [0.05, 0.1) is 11.6 Å². The molecule has 0 bridgehead atoms. The predicted octanol–water partition coefficient (Wildman–Crippen LogP) is 4.52. The summed E-state index contributed by atoms with van der Waals surface area (Å²) in [5.74, 6) is -0.116. The molecule has 0 spiro atoms. The number of para-hydroxylation sites is 1. The summed E-state index contributed by atoms with van der Waals surface area (Å²) >= 11 is 0. The summed E-state index contributed by atoms with van der Waals surface area (Å²) in [5, 5.41) is 4.07. The van der Waals surface area contributed by atoms with Crippen LogP contribution in [0.4, 0.5) is 4.79 Å². The number of fused-ring (bicyclic) bond motifs is 1. The predicted molar refractivity (Wildman–Crippen MR) is 119 cm³/mol. The summed E-state index contributed by atoms with van der Waals surface area (Å²) in [5.41, 5.74) is 7.32. The number of hydrogen-bond donors (Lipinski definition) is 2. The Balaban J connectivity index is 1.73. The average molecular weight is 414 g/mol. The number of ether oxygens (including phenoxy) is 1. The number of benzene rings is 1. The summed E-state index contributed by atoms with van der Waals surface area (Å²) in [7, 11) is 0. The zero-order chi connectivity index (χ0) is 21.7. The molecule has 3 N–H and O–H groups in total. The van der Waals surface area contributed by atoms with Crippen molar-refractivity contribution in [3.8, 4) is 0 Å². The fourth-order valence-electron chi connectivity index (χ4n) is 4.11. The molecule has 0 saturated heterocycles. The van der Waals surface area contributed by atoms with Crippen LogP contribution >= 0.6 is 0 Å². The van der Waals surface area contributed by atoms with E-state index in [1.807, 2.05) is 45.0 Å². The summed E-state index contributed by atoms with van der Waals surface area (Å²) in [6, 6.07) is 7.19. The first-order valence-electron chi connectivity index (χ1n) is 11.1. The lowest BCUT2D eigenvalue weighted by Gasteiger charge is -2.23. The van der Waals surface area contributed by atoms with E-state index in [1.165, 1.54) is 23.8 Å². The van der Waals surface area contributed by atoms with Crippen LogP contribution in [0.3, 0.4) is 0 Å². The molecule has 1 fully saturated rings. The van der Waals surface area contributed by atoms with Crippen molar-refractivity contribution in [2.45, 2.75) is 89.8 Å². The summed E-state index contributed by atoms with van der Waals surface area (Å²) in [6.07, 6.45) is 9.82. The molecule has 1 aromatic heterocycles. The molecule has 1 heterocycles. The molecule has 1 aromatic carbocycles. The van der Waals surface area contributed by atoms with Crippen molar-refractivity contribution in [3.63, 3.8) is 0 Å². The fourth-order valence-corrected chi connectivity index (χ4v) is 4.11. The van der Waals surface area contributed by atoms with Gasteiger partial charge in [-0.05, 0) is 51.7 Å². The zero-order valence-corrected chi connectivity index (χ0v) is 18.4. The summed E-state index contributed by atoms with van der Waals surface area (Å²) in [6.45, 7) is 5.52. The Hall–Kier alpha value is -2.34. The molecule has 0 aliphatic heterocycles. The Morgan fingerprint density at radius 2 is 1.77 bits per heavy atom. The van der Waals surface area contributed by atoms with E-state index < -0.39 is 17.7 Å². The van der Waals surface area contributed by atoms with Gasteiger partial charge in [0, 0.05) is 17.6 Å². The summed E-state index contributed by atoms with van der Waals surface area (Å²) < 4.78 is 7.04. The molecule has 3 rings (SSSR count). The van der Waals surface area contributed by atoms with Crippen LogP contribution in [-0.2, 0) is 16.0 Å². The van der Waals surface area contributed by atoms with Gasteiger partial charge in [-0.15, -0.1) is 0 Å². The quantitative estimate of drug-likeness (QED) is 0.771. The van der Waals surface area contributed by atoms with Gasteiger partial charge in [-0.25, -0.2) is 4.79 Å². The van der Waals surface area contributed by atoms with E-state index in [9.17, 15) is 9.59 Å². The van der Waals surface area contributed by atoms with Gasteiger partial charge >= 0.3 is 6.09 Å². The lowest BCUT2D eigenvalue weighted by Crippen LogP contribution is -2.46. The average Bonchev–Trinajstić information content (AvgIpc) is 3.01. The molecule has 1 amide bonds. The molecular weight excluding hydrogens is 378 g/mol. The van der Waals surface area contributed by atoms with Crippen molar-refractivity contribution in [1.29, 1.82) is 0 Å². The molecule has 1 aliphatic carbocycles. The number of hydrogen-bond acceptors (Lipinski definition) is 4. The maximum atomic E-state index is 12.7. The third-order valence-corrected chi connectivity index (χ3v) is 5.61. The number of nitrogens with two attached hydrogens (primary N) is 1. The normalized spacial score (nSPS) is 17.2. The molecule has 1 saturated carbocycles. The van der Waals surface area contributed by atoms with Gasteiger partial charge in [0.25, 0.3) is 0 Å². The molecule has 2 aromatic rings. The van der Waals surface area contributed by atoms with Crippen molar-refractivity contribution in [1.82, 2.24) is 9.88 Å². The second kappa shape index (κ2) is 9.65. The Morgan fingerprint density at radius 3 is 2.43 bits per heavy atom. The Kier molecular flexibility index (Phi) is 7.19. The number of rotatable bonds is 4. The third-order valence-electron chi connectivity index (χ3n) is 5.61. The van der Waals surface area contributed by atoms with E-state index in [2.05, 4.69) is 5.32 Å². The number of aromatic nitrogens is 1. The molecule has 0 unspecified atom stereocenters. The van der Waals surface area contributed by atoms with Gasteiger partial charge in [-0.2, -0.15) is 0 Å². The molecular formula is C24H35N3O3. The van der Waals surface area contributed by atoms with Crippen molar-refractivity contribution < 1.29 is 14.3 Å². The minimum atomic E-state index is -0.659. The molecule has 6 nitrogen and oxygen atoms in total. The zero-order valence-electron chi connectivity index (χ0n) is 18.4. The van der Waals surface area contributed by atoms with E-state index in [4.69, 9.17) is 10.5 Å². The Morgan fingerprint density at radius 1 is 1.13 bits per heavy atom. The van der Waals surface area contributed by atoms with E-state index in [1.54, 1.807) is 6.20 Å². The number of nitrogens with zero attached hydrogens (tertiary/aromatic N) is 1. The molecule has 6 heteroatoms. The second-order valence-electron chi connectivity index (χ2n) is 9.38. The smallest absolute Gasteiger partial charge is 0.419 e. The van der Waals surface area contributed by atoms with Gasteiger partial charge in [-0.3, -0.25) is 9.36 Å². The largest absolute Gasteiger partial charge is 0.443 e. The van der Waals surface area contributed by atoms with Crippen LogP contribution in [0, 0.1) is 0 Å². The van der Waals surface area contributed by atoms with Gasteiger partial charge < -0.3 is 15.8 Å². The lowest BCUT2D eigenvalue weighted by atomic mass is 9.96. The molecule has 1 aliphatic rings. The van der Waals surface area contributed by atoms with Crippen LogP contribution in [0.2, 0.25) is 0 Å². The van der Waals surface area contributed by atoms with Crippen LogP contribution in [0.1, 0.15) is 71.3 Å². The minimum absolute atomic E-state index is 0.116. The van der Waals surface area contributed by atoms with Crippen molar-refractivity contribution >= 4 is 22.9 Å². The minimum Gasteiger partial charge on any atom is -0.443 e. The number of carbonyl (C=O) groups excluding carboxylic acids is 2. The SMILES string of the molecule is CC(C)(C)OC(=O)n1cc(C[C@H](N)C(=O)NC2CCCCCCC2)c2ccccc21. The molecule has 1 atom stereocenters. The van der Waals surface area contributed by atoms with E-state index >= 15 is 0 Å². The fraction of sp³-hybridized carbons (Fsp3) is 0.583. The Labute approximate surface area is 179 Å². The van der Waals surface area contributed by atoms with Crippen molar-refractivity contribution in [2.24, 2.45) is 5.73 Å². The Bertz CT molecular complexity index is 873. The van der Waals surface area contributed by atoms with E-state index in [0.717, 1.165) is 42.1 Å². The van der Waals surface area contributed by atoms with Crippen LogP contribution in [-0.4, -0.2) is 34.3 Å². The maximum Gasteiger partial charge on any atom is 0.419 e.